The maximum Gasteiger partial charge on any atom is 0.227 e. The summed E-state index contributed by atoms with van der Waals surface area (Å²) in [5.41, 5.74) is 0.179. The molecule has 1 aliphatic rings. The Morgan fingerprint density at radius 3 is 2.78 bits per heavy atom. The van der Waals surface area contributed by atoms with Crippen LogP contribution in [0.1, 0.15) is 44.0 Å². The van der Waals surface area contributed by atoms with Gasteiger partial charge in [0.1, 0.15) is 12.0 Å². The minimum Gasteiger partial charge on any atom is -0.492 e. The normalized spacial score (nSPS) is 18.6. The van der Waals surface area contributed by atoms with E-state index in [4.69, 9.17) is 16.3 Å². The smallest absolute Gasteiger partial charge is 0.227 e. The van der Waals surface area contributed by atoms with Crippen LogP contribution >= 0.6 is 11.6 Å². The van der Waals surface area contributed by atoms with Crippen LogP contribution in [0.3, 0.4) is 0 Å². The van der Waals surface area contributed by atoms with Crippen LogP contribution < -0.4 is 4.74 Å². The van der Waals surface area contributed by atoms with Gasteiger partial charge in [-0.05, 0) is 31.0 Å². The number of amides is 1. The maximum atomic E-state index is 12.4. The molecule has 0 spiro atoms. The van der Waals surface area contributed by atoms with Gasteiger partial charge in [-0.25, -0.2) is 0 Å². The van der Waals surface area contributed by atoms with Gasteiger partial charge in [0.2, 0.25) is 5.91 Å². The molecule has 4 nitrogen and oxygen atoms in total. The Labute approximate surface area is 142 Å². The van der Waals surface area contributed by atoms with Crippen LogP contribution in [0, 0.1) is 11.3 Å². The SMILES string of the molecule is CC(C)(C)C(=O)N1CCC[C@H](COc2ccc(C=O)cc2Cl)C1. The Bertz CT molecular complexity index is 580. The van der Waals surface area contributed by atoms with Crippen LogP contribution in [0.2, 0.25) is 5.02 Å². The van der Waals surface area contributed by atoms with Gasteiger partial charge in [0.25, 0.3) is 0 Å². The van der Waals surface area contributed by atoms with Gasteiger partial charge in [0.15, 0.2) is 0 Å². The summed E-state index contributed by atoms with van der Waals surface area (Å²) in [5, 5.41) is 0.438. The molecule has 0 aromatic heterocycles. The second-order valence-electron chi connectivity index (χ2n) is 7.13. The fourth-order valence-electron chi connectivity index (χ4n) is 2.77. The lowest BCUT2D eigenvalue weighted by Crippen LogP contribution is -2.46. The van der Waals surface area contributed by atoms with Crippen molar-refractivity contribution in [2.24, 2.45) is 11.3 Å². The molecule has 0 bridgehead atoms. The Balaban J connectivity index is 1.93. The number of ether oxygens (including phenoxy) is 1. The molecular weight excluding hydrogens is 314 g/mol. The van der Waals surface area contributed by atoms with Crippen LogP contribution in [0.25, 0.3) is 0 Å². The number of likely N-dealkylation sites (tertiary alicyclic amines) is 1. The molecule has 0 N–H and O–H groups in total. The van der Waals surface area contributed by atoms with E-state index in [1.165, 1.54) is 0 Å². The number of carbonyl (C=O) groups excluding carboxylic acids is 2. The number of benzene rings is 1. The average Bonchev–Trinajstić information content (AvgIpc) is 2.52. The molecule has 1 atom stereocenters. The predicted octanol–water partition coefficient (Wildman–Crippen LogP) is 3.82. The van der Waals surface area contributed by atoms with Crippen molar-refractivity contribution >= 4 is 23.8 Å². The van der Waals surface area contributed by atoms with E-state index < -0.39 is 0 Å². The van der Waals surface area contributed by atoms with Crippen LogP contribution in [0.15, 0.2) is 18.2 Å². The van der Waals surface area contributed by atoms with Crippen LogP contribution in [-0.2, 0) is 4.79 Å². The Morgan fingerprint density at radius 2 is 2.17 bits per heavy atom. The summed E-state index contributed by atoms with van der Waals surface area (Å²) in [7, 11) is 0. The van der Waals surface area contributed by atoms with E-state index in [1.807, 2.05) is 25.7 Å². The third kappa shape index (κ3) is 4.71. The second-order valence-corrected chi connectivity index (χ2v) is 7.54. The van der Waals surface area contributed by atoms with Gasteiger partial charge in [0.05, 0.1) is 11.6 Å². The van der Waals surface area contributed by atoms with Crippen molar-refractivity contribution in [1.29, 1.82) is 0 Å². The molecule has 2 rings (SSSR count). The summed E-state index contributed by atoms with van der Waals surface area (Å²) in [6, 6.07) is 5.00. The van der Waals surface area contributed by atoms with Crippen molar-refractivity contribution in [1.82, 2.24) is 4.90 Å². The molecular formula is C18H24ClNO3. The first-order valence-corrected chi connectivity index (χ1v) is 8.36. The summed E-state index contributed by atoms with van der Waals surface area (Å²) in [4.78, 5) is 25.1. The number of carbonyl (C=O) groups is 2. The maximum absolute atomic E-state index is 12.4. The fraction of sp³-hybridized carbons (Fsp3) is 0.556. The average molecular weight is 338 g/mol. The van der Waals surface area contributed by atoms with E-state index in [2.05, 4.69) is 0 Å². The van der Waals surface area contributed by atoms with Crippen molar-refractivity contribution in [3.05, 3.63) is 28.8 Å². The van der Waals surface area contributed by atoms with Crippen molar-refractivity contribution in [3.8, 4) is 5.75 Å². The number of piperidine rings is 1. The third-order valence-electron chi connectivity index (χ3n) is 4.01. The standard InChI is InChI=1S/C18H24ClNO3/c1-18(2,3)17(22)20-8-4-5-14(10-20)12-23-16-7-6-13(11-21)9-15(16)19/h6-7,9,11,14H,4-5,8,10,12H2,1-3H3/t14-/m0/s1. The van der Waals surface area contributed by atoms with Gasteiger partial charge in [0, 0.05) is 30.0 Å². The van der Waals surface area contributed by atoms with Crippen molar-refractivity contribution in [3.63, 3.8) is 0 Å². The molecule has 23 heavy (non-hydrogen) atoms. The summed E-state index contributed by atoms with van der Waals surface area (Å²) in [6.07, 6.45) is 2.79. The van der Waals surface area contributed by atoms with E-state index in [-0.39, 0.29) is 11.3 Å². The van der Waals surface area contributed by atoms with Gasteiger partial charge in [-0.3, -0.25) is 9.59 Å². The minimum absolute atomic E-state index is 0.190. The quantitative estimate of drug-likeness (QED) is 0.785. The molecule has 1 aliphatic heterocycles. The zero-order chi connectivity index (χ0) is 17.0. The molecule has 126 valence electrons. The van der Waals surface area contributed by atoms with Crippen LogP contribution in [0.5, 0.6) is 5.75 Å². The molecule has 1 heterocycles. The summed E-state index contributed by atoms with van der Waals surface area (Å²) < 4.78 is 5.80. The number of aldehydes is 1. The summed E-state index contributed by atoms with van der Waals surface area (Å²) in [6.45, 7) is 7.91. The van der Waals surface area contributed by atoms with Gasteiger partial charge in [-0.2, -0.15) is 0 Å². The first kappa shape index (κ1) is 17.8. The van der Waals surface area contributed by atoms with Crippen LogP contribution in [0.4, 0.5) is 0 Å². The fourth-order valence-corrected chi connectivity index (χ4v) is 3.02. The summed E-state index contributed by atoms with van der Waals surface area (Å²) >= 11 is 6.12. The highest BCUT2D eigenvalue weighted by Crippen LogP contribution is 2.27. The second kappa shape index (κ2) is 7.35. The highest BCUT2D eigenvalue weighted by atomic mass is 35.5. The minimum atomic E-state index is -0.350. The molecule has 5 heteroatoms. The molecule has 0 radical (unpaired) electrons. The number of rotatable bonds is 4. The molecule has 1 aromatic rings. The zero-order valence-electron chi connectivity index (χ0n) is 14.0. The topological polar surface area (TPSA) is 46.6 Å². The number of hydrogen-bond acceptors (Lipinski definition) is 3. The lowest BCUT2D eigenvalue weighted by atomic mass is 9.91. The number of halogens is 1. The van der Waals surface area contributed by atoms with E-state index in [9.17, 15) is 9.59 Å². The molecule has 0 unspecified atom stereocenters. The molecule has 0 aliphatic carbocycles. The molecule has 1 fully saturated rings. The van der Waals surface area contributed by atoms with Gasteiger partial charge < -0.3 is 9.64 Å². The summed E-state index contributed by atoms with van der Waals surface area (Å²) in [5.74, 6) is 1.07. The number of nitrogens with zero attached hydrogens (tertiary/aromatic N) is 1. The van der Waals surface area contributed by atoms with Gasteiger partial charge in [-0.1, -0.05) is 32.4 Å². The molecule has 0 saturated carbocycles. The zero-order valence-corrected chi connectivity index (χ0v) is 14.7. The van der Waals surface area contributed by atoms with E-state index in [0.29, 0.717) is 28.9 Å². The number of hydrogen-bond donors (Lipinski definition) is 0. The first-order chi connectivity index (χ1) is 10.8. The van der Waals surface area contributed by atoms with Gasteiger partial charge in [-0.15, -0.1) is 0 Å². The van der Waals surface area contributed by atoms with E-state index in [0.717, 1.165) is 32.2 Å². The Morgan fingerprint density at radius 1 is 1.43 bits per heavy atom. The lowest BCUT2D eigenvalue weighted by molar-refractivity contribution is -0.141. The van der Waals surface area contributed by atoms with E-state index in [1.54, 1.807) is 18.2 Å². The third-order valence-corrected chi connectivity index (χ3v) is 4.31. The first-order valence-electron chi connectivity index (χ1n) is 7.98. The highest BCUT2D eigenvalue weighted by Gasteiger charge is 2.31. The molecule has 1 saturated heterocycles. The van der Waals surface area contributed by atoms with E-state index >= 15 is 0 Å². The molecule has 1 amide bonds. The Hall–Kier alpha value is -1.55. The monoisotopic (exact) mass is 337 g/mol. The molecule has 1 aromatic carbocycles. The largest absolute Gasteiger partial charge is 0.492 e. The van der Waals surface area contributed by atoms with Crippen molar-refractivity contribution in [2.75, 3.05) is 19.7 Å². The predicted molar refractivity (Wildman–Crippen MR) is 91.1 cm³/mol. The van der Waals surface area contributed by atoms with Gasteiger partial charge >= 0.3 is 0 Å². The lowest BCUT2D eigenvalue weighted by Gasteiger charge is -2.36. The Kier molecular flexibility index (Phi) is 5.69. The van der Waals surface area contributed by atoms with Crippen molar-refractivity contribution in [2.45, 2.75) is 33.6 Å². The highest BCUT2D eigenvalue weighted by molar-refractivity contribution is 6.32. The van der Waals surface area contributed by atoms with Crippen LogP contribution in [-0.4, -0.2) is 36.8 Å². The van der Waals surface area contributed by atoms with Crippen molar-refractivity contribution < 1.29 is 14.3 Å².